The van der Waals surface area contributed by atoms with Gasteiger partial charge in [0.15, 0.2) is 6.29 Å². The first kappa shape index (κ1) is 37.2. The quantitative estimate of drug-likeness (QED) is 0.129. The average Bonchev–Trinajstić information content (AvgIpc) is 3.57. The molecule has 10 nitrogen and oxygen atoms in total. The molecule has 3 N–H and O–H groups in total. The number of likely N-dealkylation sites (tertiary alicyclic amines) is 1. The molecule has 0 bridgehead atoms. The van der Waals surface area contributed by atoms with Crippen LogP contribution in [-0.4, -0.2) is 63.8 Å². The Balaban J connectivity index is 1.27. The maximum atomic E-state index is 13.1. The van der Waals surface area contributed by atoms with E-state index in [1.807, 2.05) is 93.6 Å². The third-order valence-electron chi connectivity index (χ3n) is 9.07. The number of nitrogens with one attached hydrogen (secondary N) is 1. The molecule has 0 radical (unpaired) electrons. The first-order valence-corrected chi connectivity index (χ1v) is 17.6. The average molecular weight is 687 g/mol. The van der Waals surface area contributed by atoms with Gasteiger partial charge in [-0.15, -0.1) is 0 Å². The number of hydrogen-bond donors (Lipinski definition) is 3. The molecule has 0 unspecified atom stereocenters. The molecule has 4 atom stereocenters. The molecule has 0 saturated carbocycles. The molecule has 50 heavy (non-hydrogen) atoms. The summed E-state index contributed by atoms with van der Waals surface area (Å²) in [6.07, 6.45) is 2.66. The molecule has 3 aromatic carbocycles. The van der Waals surface area contributed by atoms with Crippen LogP contribution in [0.15, 0.2) is 72.8 Å². The number of carboxylic acids is 1. The van der Waals surface area contributed by atoms with Gasteiger partial charge in [-0.3, -0.25) is 19.3 Å². The van der Waals surface area contributed by atoms with E-state index in [-0.39, 0.29) is 43.2 Å². The lowest BCUT2D eigenvalue weighted by molar-refractivity contribution is -0.253. The largest absolute Gasteiger partial charge is 0.481 e. The minimum Gasteiger partial charge on any atom is -0.481 e. The molecule has 2 aliphatic rings. The minimum absolute atomic E-state index is 0.0265. The molecule has 10 heteroatoms. The first-order valence-electron chi connectivity index (χ1n) is 17.6. The topological polar surface area (TPSA) is 135 Å². The van der Waals surface area contributed by atoms with Gasteiger partial charge in [-0.05, 0) is 86.9 Å². The summed E-state index contributed by atoms with van der Waals surface area (Å²) in [5.41, 5.74) is 5.16. The third-order valence-corrected chi connectivity index (χ3v) is 9.07. The van der Waals surface area contributed by atoms with E-state index in [1.165, 1.54) is 0 Å². The Bertz CT molecular complexity index is 1580. The van der Waals surface area contributed by atoms with Gasteiger partial charge in [0.25, 0.3) is 0 Å². The Labute approximate surface area is 294 Å². The highest BCUT2D eigenvalue weighted by molar-refractivity contribution is 5.77. The van der Waals surface area contributed by atoms with Gasteiger partial charge in [0.05, 0.1) is 18.8 Å². The van der Waals surface area contributed by atoms with E-state index in [1.54, 1.807) is 0 Å². The SMILES string of the molecule is CC(C)(C)OC(=O)[C@@H]1CCCN1C[C@H]1C[C@@H](c2ccc(CO)cc2)O[C@@H](c2ccc(-c3cccc(CNC(=O)CCCCC(=O)O)c3)cc2)O1. The van der Waals surface area contributed by atoms with Crippen molar-refractivity contribution in [3.8, 4) is 11.1 Å². The van der Waals surface area contributed by atoms with E-state index in [0.717, 1.165) is 52.8 Å². The predicted molar refractivity (Wildman–Crippen MR) is 189 cm³/mol. The fourth-order valence-electron chi connectivity index (χ4n) is 6.52. The number of esters is 1. The van der Waals surface area contributed by atoms with Gasteiger partial charge in [-0.1, -0.05) is 66.7 Å². The summed E-state index contributed by atoms with van der Waals surface area (Å²) in [7, 11) is 0. The minimum atomic E-state index is -0.847. The van der Waals surface area contributed by atoms with Gasteiger partial charge in [0.1, 0.15) is 11.6 Å². The number of benzene rings is 3. The van der Waals surface area contributed by atoms with Crippen molar-refractivity contribution in [3.05, 3.63) is 95.1 Å². The van der Waals surface area contributed by atoms with Crippen LogP contribution < -0.4 is 5.32 Å². The molecule has 2 fully saturated rings. The Morgan fingerprint density at radius 1 is 0.900 bits per heavy atom. The fraction of sp³-hybridized carbons (Fsp3) is 0.475. The fourth-order valence-corrected chi connectivity index (χ4v) is 6.52. The van der Waals surface area contributed by atoms with Crippen molar-refractivity contribution in [2.24, 2.45) is 0 Å². The second kappa shape index (κ2) is 17.2. The van der Waals surface area contributed by atoms with E-state index in [9.17, 15) is 19.5 Å². The van der Waals surface area contributed by atoms with Crippen LogP contribution >= 0.6 is 0 Å². The summed E-state index contributed by atoms with van der Waals surface area (Å²) in [4.78, 5) is 38.2. The van der Waals surface area contributed by atoms with Gasteiger partial charge in [0, 0.05) is 37.9 Å². The van der Waals surface area contributed by atoms with Gasteiger partial charge < -0.3 is 29.7 Å². The monoisotopic (exact) mass is 686 g/mol. The molecule has 2 heterocycles. The summed E-state index contributed by atoms with van der Waals surface area (Å²) in [6, 6.07) is 23.6. The van der Waals surface area contributed by atoms with Crippen molar-refractivity contribution >= 4 is 17.8 Å². The lowest BCUT2D eigenvalue weighted by Gasteiger charge is -2.38. The number of nitrogens with zero attached hydrogens (tertiary/aromatic N) is 1. The van der Waals surface area contributed by atoms with Gasteiger partial charge in [-0.25, -0.2) is 0 Å². The second-order valence-corrected chi connectivity index (χ2v) is 14.2. The molecular formula is C40H50N2O8. The second-order valence-electron chi connectivity index (χ2n) is 14.2. The number of unbranched alkanes of at least 4 members (excludes halogenated alkanes) is 1. The van der Waals surface area contributed by atoms with E-state index in [4.69, 9.17) is 19.3 Å². The maximum absolute atomic E-state index is 13.1. The zero-order valence-electron chi connectivity index (χ0n) is 29.3. The number of carbonyl (C=O) groups excluding carboxylic acids is 2. The van der Waals surface area contributed by atoms with Gasteiger partial charge in [0.2, 0.25) is 5.91 Å². The molecular weight excluding hydrogens is 636 g/mol. The van der Waals surface area contributed by atoms with Gasteiger partial charge >= 0.3 is 11.9 Å². The smallest absolute Gasteiger partial charge is 0.323 e. The summed E-state index contributed by atoms with van der Waals surface area (Å²) in [5, 5.41) is 21.3. The Morgan fingerprint density at radius 3 is 2.32 bits per heavy atom. The van der Waals surface area contributed by atoms with Crippen molar-refractivity contribution in [2.75, 3.05) is 13.1 Å². The molecule has 5 rings (SSSR count). The van der Waals surface area contributed by atoms with Crippen molar-refractivity contribution in [1.29, 1.82) is 0 Å². The van der Waals surface area contributed by atoms with Crippen molar-refractivity contribution in [2.45, 2.75) is 109 Å². The number of hydrogen-bond acceptors (Lipinski definition) is 8. The molecule has 2 aliphatic heterocycles. The summed E-state index contributed by atoms with van der Waals surface area (Å²) in [6.45, 7) is 7.42. The molecule has 2 saturated heterocycles. The Morgan fingerprint density at radius 2 is 1.62 bits per heavy atom. The number of aliphatic hydroxyl groups is 1. The number of aliphatic carboxylic acids is 1. The normalized spacial score (nSPS) is 21.1. The van der Waals surface area contributed by atoms with E-state index >= 15 is 0 Å². The van der Waals surface area contributed by atoms with Crippen LogP contribution in [0.25, 0.3) is 11.1 Å². The number of ether oxygens (including phenoxy) is 3. The van der Waals surface area contributed by atoms with Crippen molar-refractivity contribution in [3.63, 3.8) is 0 Å². The number of carboxylic acid groups (broad SMARTS) is 1. The number of carbonyl (C=O) groups is 3. The van der Waals surface area contributed by atoms with Crippen molar-refractivity contribution < 1.29 is 38.8 Å². The Kier molecular flexibility index (Phi) is 12.8. The molecule has 0 aromatic heterocycles. The number of rotatable bonds is 14. The lowest BCUT2D eigenvalue weighted by atomic mass is 9.98. The first-order chi connectivity index (χ1) is 24.0. The molecule has 3 aromatic rings. The summed E-state index contributed by atoms with van der Waals surface area (Å²) in [5.74, 6) is -1.13. The summed E-state index contributed by atoms with van der Waals surface area (Å²) >= 11 is 0. The van der Waals surface area contributed by atoms with Crippen LogP contribution in [0, 0.1) is 0 Å². The van der Waals surface area contributed by atoms with Crippen LogP contribution in [0.3, 0.4) is 0 Å². The zero-order chi connectivity index (χ0) is 35.7. The third kappa shape index (κ3) is 10.7. The molecule has 268 valence electrons. The zero-order valence-corrected chi connectivity index (χ0v) is 29.3. The standard InChI is InChI=1S/C40H50N2O8/c1-40(2,3)50-38(47)34-10-7-21-42(34)25-33-23-35(30-15-13-27(26-43)14-16-30)49-39(48-33)31-19-17-29(18-20-31)32-9-6-8-28(22-32)24-41-36(44)11-4-5-12-37(45)46/h6,8-9,13-20,22,33-35,39,43H,4-5,7,10-12,21,23-26H2,1-3H3,(H,41,44)(H,45,46)/t33-,34+,35+,39+/m1/s1. The highest BCUT2D eigenvalue weighted by Crippen LogP contribution is 2.39. The molecule has 1 amide bonds. The van der Waals surface area contributed by atoms with E-state index < -0.39 is 17.9 Å². The van der Waals surface area contributed by atoms with Crippen LogP contribution in [0.4, 0.5) is 0 Å². The lowest BCUT2D eigenvalue weighted by Crippen LogP contribution is -2.45. The number of aliphatic hydroxyl groups excluding tert-OH is 1. The predicted octanol–water partition coefficient (Wildman–Crippen LogP) is 6.46. The Hall–Kier alpha value is -4.09. The highest BCUT2D eigenvalue weighted by Gasteiger charge is 2.39. The van der Waals surface area contributed by atoms with Crippen LogP contribution in [0.1, 0.15) is 100 Å². The molecule has 0 aliphatic carbocycles. The summed E-state index contributed by atoms with van der Waals surface area (Å²) < 4.78 is 18.9. The van der Waals surface area contributed by atoms with E-state index in [2.05, 4.69) is 10.2 Å². The number of amides is 1. The van der Waals surface area contributed by atoms with Crippen molar-refractivity contribution in [1.82, 2.24) is 10.2 Å². The molecule has 0 spiro atoms. The highest BCUT2D eigenvalue weighted by atomic mass is 16.7. The van der Waals surface area contributed by atoms with Gasteiger partial charge in [-0.2, -0.15) is 0 Å². The maximum Gasteiger partial charge on any atom is 0.323 e. The van der Waals surface area contributed by atoms with E-state index in [0.29, 0.717) is 38.8 Å². The van der Waals surface area contributed by atoms with Crippen LogP contribution in [-0.2, 0) is 41.7 Å². The van der Waals surface area contributed by atoms with Crippen LogP contribution in [0.2, 0.25) is 0 Å². The van der Waals surface area contributed by atoms with Crippen LogP contribution in [0.5, 0.6) is 0 Å².